The van der Waals surface area contributed by atoms with Gasteiger partial charge in [-0.2, -0.15) is 0 Å². The Hall–Kier alpha value is -1.34. The Balaban J connectivity index is 3.47. The number of hydrogen-bond donors (Lipinski definition) is 0. The molecule has 0 spiro atoms. The zero-order chi connectivity index (χ0) is 20.3. The molecule has 26 heavy (non-hydrogen) atoms. The molecule has 0 saturated carbocycles. The van der Waals surface area contributed by atoms with Gasteiger partial charge in [0, 0.05) is 4.66 Å². The fourth-order valence-electron chi connectivity index (χ4n) is 2.57. The third-order valence-corrected chi connectivity index (χ3v) is 11.9. The van der Waals surface area contributed by atoms with Gasteiger partial charge >= 0.3 is 17.9 Å². The van der Waals surface area contributed by atoms with E-state index in [0.29, 0.717) is 10.2 Å². The summed E-state index contributed by atoms with van der Waals surface area (Å²) in [6.07, 6.45) is 0. The molecule has 1 saturated heterocycles. The number of hydrogen-bond acceptors (Lipinski definition) is 6. The first-order chi connectivity index (χ1) is 11.9. The third kappa shape index (κ3) is 4.49. The lowest BCUT2D eigenvalue weighted by atomic mass is 9.88. The number of halogens is 1. The van der Waals surface area contributed by atoms with Crippen molar-refractivity contribution in [1.29, 1.82) is 0 Å². The molecule has 0 aromatic carbocycles. The molecule has 1 aliphatic rings. The van der Waals surface area contributed by atoms with E-state index in [9.17, 15) is 14.4 Å². The Morgan fingerprint density at radius 2 is 1.65 bits per heavy atom. The molecule has 0 N–H and O–H groups in total. The molecule has 0 aromatic rings. The first kappa shape index (κ1) is 22.7. The van der Waals surface area contributed by atoms with Gasteiger partial charge in [-0.05, 0) is 24.5 Å². The van der Waals surface area contributed by atoms with Crippen LogP contribution in [0.5, 0.6) is 0 Å². The highest BCUT2D eigenvalue weighted by atomic mass is 35.5. The van der Waals surface area contributed by atoms with Gasteiger partial charge in [0.25, 0.3) is 0 Å². The molecule has 1 rings (SSSR count). The van der Waals surface area contributed by atoms with Crippen molar-refractivity contribution in [3.63, 3.8) is 0 Å². The van der Waals surface area contributed by atoms with Crippen molar-refractivity contribution in [2.24, 2.45) is 11.8 Å². The maximum Gasteiger partial charge on any atom is 0.321 e. The minimum absolute atomic E-state index is 0.0237. The summed E-state index contributed by atoms with van der Waals surface area (Å²) >= 11 is 6.74. The van der Waals surface area contributed by atoms with Crippen molar-refractivity contribution < 1.29 is 28.6 Å². The van der Waals surface area contributed by atoms with Crippen molar-refractivity contribution >= 4 is 37.6 Å². The monoisotopic (exact) mass is 404 g/mol. The number of ether oxygens (including phenoxy) is 3. The van der Waals surface area contributed by atoms with E-state index in [1.165, 1.54) is 0 Å². The molecule has 1 heterocycles. The summed E-state index contributed by atoms with van der Waals surface area (Å²) in [6.45, 7) is 13.9. The molecule has 1 atom stereocenters. The number of cyclic esters (lactones) is 1. The Bertz CT molecular complexity index is 587. The summed E-state index contributed by atoms with van der Waals surface area (Å²) in [4.78, 5) is 37.3. The van der Waals surface area contributed by atoms with Gasteiger partial charge in [-0.3, -0.25) is 14.4 Å². The number of carbonyl (C=O) groups is 3. The van der Waals surface area contributed by atoms with Crippen molar-refractivity contribution in [2.45, 2.75) is 52.8 Å². The maximum absolute atomic E-state index is 12.4. The second-order valence-corrected chi connectivity index (χ2v) is 13.7. The lowest BCUT2D eigenvalue weighted by Gasteiger charge is -2.37. The first-order valence-corrected chi connectivity index (χ1v) is 12.2. The van der Waals surface area contributed by atoms with Gasteiger partial charge in [0.15, 0.2) is 5.92 Å². The van der Waals surface area contributed by atoms with E-state index in [4.69, 9.17) is 25.8 Å². The molecule has 0 aliphatic carbocycles. The van der Waals surface area contributed by atoms with Gasteiger partial charge in [0.2, 0.25) is 0 Å². The van der Waals surface area contributed by atoms with E-state index >= 15 is 0 Å². The van der Waals surface area contributed by atoms with Crippen LogP contribution in [0.1, 0.15) is 34.6 Å². The summed E-state index contributed by atoms with van der Waals surface area (Å²) in [5, 5.41) is -0.0867. The topological polar surface area (TPSA) is 78.9 Å². The summed E-state index contributed by atoms with van der Waals surface area (Å²) in [5.41, 5.74) is 0.495. The Labute approximate surface area is 161 Å². The van der Waals surface area contributed by atoms with Gasteiger partial charge in [0.05, 0.1) is 13.2 Å². The lowest BCUT2D eigenvalue weighted by molar-refractivity contribution is -0.167. The molecule has 0 radical (unpaired) electrons. The van der Waals surface area contributed by atoms with Gasteiger partial charge in [-0.15, -0.1) is 0 Å². The van der Waals surface area contributed by atoms with Crippen molar-refractivity contribution in [3.05, 3.63) is 10.2 Å². The van der Waals surface area contributed by atoms with Crippen LogP contribution in [-0.4, -0.2) is 45.8 Å². The lowest BCUT2D eigenvalue weighted by Crippen LogP contribution is -2.41. The molecule has 8 heteroatoms. The average molecular weight is 405 g/mol. The molecule has 0 bridgehead atoms. The third-order valence-electron chi connectivity index (χ3n) is 5.12. The zero-order valence-corrected chi connectivity index (χ0v) is 18.4. The molecule has 148 valence electrons. The maximum atomic E-state index is 12.4. The first-order valence-electron chi connectivity index (χ1n) is 8.79. The Kier molecular flexibility index (Phi) is 7.48. The average Bonchev–Trinajstić information content (AvgIpc) is 2.88. The van der Waals surface area contributed by atoms with Crippen LogP contribution < -0.4 is 0 Å². The van der Waals surface area contributed by atoms with E-state index in [1.54, 1.807) is 13.8 Å². The van der Waals surface area contributed by atoms with E-state index in [1.807, 2.05) is 0 Å². The number of esters is 3. The zero-order valence-electron chi connectivity index (χ0n) is 16.6. The van der Waals surface area contributed by atoms with Crippen LogP contribution in [-0.2, 0) is 28.6 Å². The van der Waals surface area contributed by atoms with Crippen LogP contribution in [0.15, 0.2) is 10.2 Å². The van der Waals surface area contributed by atoms with Crippen molar-refractivity contribution in [3.8, 4) is 0 Å². The molecule has 0 amide bonds. The van der Waals surface area contributed by atoms with Crippen molar-refractivity contribution in [1.82, 2.24) is 0 Å². The summed E-state index contributed by atoms with van der Waals surface area (Å²) in [7, 11) is -2.19. The molecule has 0 aromatic heterocycles. The summed E-state index contributed by atoms with van der Waals surface area (Å²) in [5.74, 6) is -4.75. The van der Waals surface area contributed by atoms with Gasteiger partial charge < -0.3 is 14.2 Å². The minimum atomic E-state index is -2.19. The van der Waals surface area contributed by atoms with Gasteiger partial charge in [0.1, 0.15) is 20.6 Å². The smallest absolute Gasteiger partial charge is 0.321 e. The predicted molar refractivity (Wildman–Crippen MR) is 101 cm³/mol. The van der Waals surface area contributed by atoms with Gasteiger partial charge in [-0.25, -0.2) is 0 Å². The molecular formula is C18H29ClO6Si. The van der Waals surface area contributed by atoms with E-state index in [-0.39, 0.29) is 24.9 Å². The predicted octanol–water partition coefficient (Wildman–Crippen LogP) is 3.44. The molecular weight excluding hydrogens is 376 g/mol. The van der Waals surface area contributed by atoms with Gasteiger partial charge in [-0.1, -0.05) is 45.5 Å². The Morgan fingerprint density at radius 3 is 2.04 bits per heavy atom. The van der Waals surface area contributed by atoms with Crippen molar-refractivity contribution in [2.75, 3.05) is 19.8 Å². The highest BCUT2D eigenvalue weighted by Crippen LogP contribution is 2.46. The van der Waals surface area contributed by atoms with E-state index < -0.39 is 37.8 Å². The molecule has 1 unspecified atom stereocenters. The minimum Gasteiger partial charge on any atom is -0.465 e. The van der Waals surface area contributed by atoms with Crippen LogP contribution in [0.3, 0.4) is 0 Å². The normalized spacial score (nSPS) is 20.0. The fourth-order valence-corrected chi connectivity index (χ4v) is 5.28. The second-order valence-electron chi connectivity index (χ2n) is 7.78. The SMILES string of the molecule is CCOC(=O)C(C(=O)OCC)C1C(=O)OC/C1=C(/Cl)[Si](C)(C)C(C)(C)C. The summed E-state index contributed by atoms with van der Waals surface area (Å²) < 4.78 is 15.7. The fraction of sp³-hybridized carbons (Fsp3) is 0.722. The quantitative estimate of drug-likeness (QED) is 0.292. The van der Waals surface area contributed by atoms with Crippen LogP contribution in [0.4, 0.5) is 0 Å². The number of carbonyl (C=O) groups excluding carboxylic acids is 3. The highest BCUT2D eigenvalue weighted by molar-refractivity contribution is 6.94. The molecule has 6 nitrogen and oxygen atoms in total. The Morgan fingerprint density at radius 1 is 1.19 bits per heavy atom. The van der Waals surface area contributed by atoms with Crippen LogP contribution >= 0.6 is 11.6 Å². The van der Waals surface area contributed by atoms with E-state index in [2.05, 4.69) is 33.9 Å². The second kappa shape index (κ2) is 8.56. The number of rotatable bonds is 6. The standard InChI is InChI=1S/C18H29ClO6Si/c1-8-23-16(21)13(17(22)24-9-2)12-11(10-25-15(12)20)14(19)26(6,7)18(3,4)5/h12-13H,8-10H2,1-7H3/b14-11+. The largest absolute Gasteiger partial charge is 0.465 e. The van der Waals surface area contributed by atoms with Crippen LogP contribution in [0, 0.1) is 11.8 Å². The summed E-state index contributed by atoms with van der Waals surface area (Å²) in [6, 6.07) is 0. The van der Waals surface area contributed by atoms with Crippen LogP contribution in [0.2, 0.25) is 18.1 Å². The van der Waals surface area contributed by atoms with Crippen LogP contribution in [0.25, 0.3) is 0 Å². The molecule has 1 aliphatic heterocycles. The van der Waals surface area contributed by atoms with E-state index in [0.717, 1.165) is 0 Å². The molecule has 1 fully saturated rings. The highest BCUT2D eigenvalue weighted by Gasteiger charge is 2.51.